The molecule has 0 saturated heterocycles. The van der Waals surface area contributed by atoms with Crippen molar-refractivity contribution in [1.29, 1.82) is 0 Å². The molecule has 31 heavy (non-hydrogen) atoms. The summed E-state index contributed by atoms with van der Waals surface area (Å²) in [7, 11) is 3.39. The Kier molecular flexibility index (Phi) is 6.51. The van der Waals surface area contributed by atoms with Crippen molar-refractivity contribution in [1.82, 2.24) is 19.8 Å². The van der Waals surface area contributed by atoms with Gasteiger partial charge in [-0.2, -0.15) is 0 Å². The number of aromatic nitrogens is 2. The summed E-state index contributed by atoms with van der Waals surface area (Å²) in [5, 5.41) is 3.09. The van der Waals surface area contributed by atoms with Crippen molar-refractivity contribution in [3.05, 3.63) is 75.2 Å². The Morgan fingerprint density at radius 3 is 2.48 bits per heavy atom. The van der Waals surface area contributed by atoms with E-state index in [0.29, 0.717) is 23.1 Å². The van der Waals surface area contributed by atoms with Gasteiger partial charge < -0.3 is 14.8 Å². The van der Waals surface area contributed by atoms with Crippen LogP contribution in [0.2, 0.25) is 0 Å². The quantitative estimate of drug-likeness (QED) is 0.661. The lowest BCUT2D eigenvalue weighted by molar-refractivity contribution is 0.0827. The molecule has 2 amide bonds. The molecule has 0 spiro atoms. The lowest BCUT2D eigenvalue weighted by Crippen LogP contribution is -2.30. The smallest absolute Gasteiger partial charge is 0.257 e. The van der Waals surface area contributed by atoms with Crippen molar-refractivity contribution in [2.24, 2.45) is 0 Å². The normalized spacial score (nSPS) is 10.3. The van der Waals surface area contributed by atoms with E-state index >= 15 is 0 Å². The van der Waals surface area contributed by atoms with Gasteiger partial charge >= 0.3 is 0 Å². The van der Waals surface area contributed by atoms with Crippen LogP contribution >= 0.6 is 0 Å². The van der Waals surface area contributed by atoms with E-state index in [4.69, 9.17) is 0 Å². The maximum atomic E-state index is 12.8. The number of aryl methyl sites for hydroxylation is 2. The van der Waals surface area contributed by atoms with Gasteiger partial charge in [-0.15, -0.1) is 0 Å². The molecule has 0 bridgehead atoms. The van der Waals surface area contributed by atoms with Crippen LogP contribution in [-0.2, 0) is 6.54 Å². The summed E-state index contributed by atoms with van der Waals surface area (Å²) in [6.07, 6.45) is 1.54. The number of pyridine rings is 2. The fourth-order valence-corrected chi connectivity index (χ4v) is 3.08. The first-order valence-electron chi connectivity index (χ1n) is 9.91. The Balaban J connectivity index is 1.73. The highest BCUT2D eigenvalue weighted by molar-refractivity contribution is 5.97. The maximum Gasteiger partial charge on any atom is 0.257 e. The monoisotopic (exact) mass is 416 g/mol. The summed E-state index contributed by atoms with van der Waals surface area (Å²) in [5.41, 5.74) is 2.40. The zero-order valence-corrected chi connectivity index (χ0v) is 18.0. The highest BCUT2D eigenvalue weighted by Crippen LogP contribution is 2.11. The largest absolute Gasteiger partial charge is 0.345 e. The summed E-state index contributed by atoms with van der Waals surface area (Å²) in [6, 6.07) is 10.4. The Morgan fingerprint density at radius 1 is 1.13 bits per heavy atom. The average Bonchev–Trinajstić information content (AvgIpc) is 2.76. The van der Waals surface area contributed by atoms with Crippen LogP contribution in [0.1, 0.15) is 38.9 Å². The van der Waals surface area contributed by atoms with Crippen LogP contribution in [0.15, 0.2) is 47.4 Å². The zero-order valence-electron chi connectivity index (χ0n) is 18.0. The minimum Gasteiger partial charge on any atom is -0.345 e. The predicted octanol–water partition coefficient (Wildman–Crippen LogP) is 2.21. The van der Waals surface area contributed by atoms with Crippen LogP contribution in [0.25, 0.3) is 11.0 Å². The highest BCUT2D eigenvalue weighted by Gasteiger charge is 2.15. The Bertz CT molecular complexity index is 1260. The summed E-state index contributed by atoms with van der Waals surface area (Å²) in [4.78, 5) is 43.2. The number of benzene rings is 1. The SMILES string of the molecule is CCn1cc(C(=O)NCC#Cc2ccc(C(=O)N(C)C)cc2)c(=O)c2ccc(C)nc21. The van der Waals surface area contributed by atoms with Crippen molar-refractivity contribution >= 4 is 22.8 Å². The highest BCUT2D eigenvalue weighted by atomic mass is 16.2. The van der Waals surface area contributed by atoms with Gasteiger partial charge in [-0.25, -0.2) is 4.98 Å². The molecule has 0 radical (unpaired) electrons. The number of hydrogen-bond acceptors (Lipinski definition) is 4. The summed E-state index contributed by atoms with van der Waals surface area (Å²) in [6.45, 7) is 4.46. The fraction of sp³-hybridized carbons (Fsp3) is 0.250. The predicted molar refractivity (Wildman–Crippen MR) is 120 cm³/mol. The molecule has 0 atom stereocenters. The van der Waals surface area contributed by atoms with Gasteiger partial charge in [-0.05, 0) is 50.2 Å². The van der Waals surface area contributed by atoms with E-state index in [-0.39, 0.29) is 23.4 Å². The molecule has 0 aliphatic heterocycles. The van der Waals surface area contributed by atoms with Crippen molar-refractivity contribution in [3.8, 4) is 11.8 Å². The zero-order chi connectivity index (χ0) is 22.5. The van der Waals surface area contributed by atoms with E-state index in [9.17, 15) is 14.4 Å². The van der Waals surface area contributed by atoms with Crippen LogP contribution in [-0.4, -0.2) is 46.9 Å². The third-order valence-corrected chi connectivity index (χ3v) is 4.75. The van der Waals surface area contributed by atoms with E-state index in [0.717, 1.165) is 11.3 Å². The number of fused-ring (bicyclic) bond motifs is 1. The fourth-order valence-electron chi connectivity index (χ4n) is 3.08. The van der Waals surface area contributed by atoms with Crippen LogP contribution in [0, 0.1) is 18.8 Å². The molecule has 2 aromatic heterocycles. The number of nitrogens with zero attached hydrogens (tertiary/aromatic N) is 3. The van der Waals surface area contributed by atoms with Gasteiger partial charge in [0.1, 0.15) is 11.2 Å². The van der Waals surface area contributed by atoms with Crippen LogP contribution in [0.5, 0.6) is 0 Å². The number of amides is 2. The Labute approximate surface area is 180 Å². The van der Waals surface area contributed by atoms with Crippen molar-refractivity contribution in [2.45, 2.75) is 20.4 Å². The molecule has 1 N–H and O–H groups in total. The van der Waals surface area contributed by atoms with E-state index in [1.807, 2.05) is 13.8 Å². The number of nitrogens with one attached hydrogen (secondary N) is 1. The van der Waals surface area contributed by atoms with Crippen LogP contribution in [0.4, 0.5) is 0 Å². The number of carbonyl (C=O) groups excluding carboxylic acids is 2. The van der Waals surface area contributed by atoms with Gasteiger partial charge in [0.2, 0.25) is 5.43 Å². The van der Waals surface area contributed by atoms with Gasteiger partial charge in [-0.1, -0.05) is 11.8 Å². The Morgan fingerprint density at radius 2 is 1.84 bits per heavy atom. The molecule has 0 unspecified atom stereocenters. The van der Waals surface area contributed by atoms with Crippen molar-refractivity contribution in [2.75, 3.05) is 20.6 Å². The minimum absolute atomic E-state index is 0.0633. The molecule has 0 aliphatic rings. The van der Waals surface area contributed by atoms with E-state index in [2.05, 4.69) is 22.1 Å². The second kappa shape index (κ2) is 9.26. The standard InChI is InChI=1S/C24H24N4O3/c1-5-28-15-20(21(29)19-13-8-16(2)26-22(19)28)23(30)25-14-6-7-17-9-11-18(12-10-17)24(31)27(3)4/h8-13,15H,5,14H2,1-4H3,(H,25,30). The molecule has 0 aliphatic carbocycles. The topological polar surface area (TPSA) is 84.3 Å². The number of hydrogen-bond donors (Lipinski definition) is 1. The first kappa shape index (κ1) is 21.8. The minimum atomic E-state index is -0.476. The molecular formula is C24H24N4O3. The second-order valence-corrected chi connectivity index (χ2v) is 7.24. The Hall–Kier alpha value is -3.92. The molecule has 2 heterocycles. The second-order valence-electron chi connectivity index (χ2n) is 7.24. The van der Waals surface area contributed by atoms with E-state index < -0.39 is 5.91 Å². The van der Waals surface area contributed by atoms with Gasteiger partial charge in [0, 0.05) is 43.7 Å². The van der Waals surface area contributed by atoms with Crippen molar-refractivity contribution < 1.29 is 9.59 Å². The molecule has 3 rings (SSSR count). The third-order valence-electron chi connectivity index (χ3n) is 4.75. The lowest BCUT2D eigenvalue weighted by Gasteiger charge is -2.11. The van der Waals surface area contributed by atoms with E-state index in [1.165, 1.54) is 4.90 Å². The summed E-state index contributed by atoms with van der Waals surface area (Å²) < 4.78 is 1.79. The number of carbonyl (C=O) groups is 2. The van der Waals surface area contributed by atoms with Gasteiger partial charge in [0.05, 0.1) is 11.9 Å². The molecule has 3 aromatic rings. The van der Waals surface area contributed by atoms with Crippen molar-refractivity contribution in [3.63, 3.8) is 0 Å². The first-order valence-corrected chi connectivity index (χ1v) is 9.91. The molecule has 7 nitrogen and oxygen atoms in total. The summed E-state index contributed by atoms with van der Waals surface area (Å²) >= 11 is 0. The van der Waals surface area contributed by atoms with Crippen LogP contribution in [0.3, 0.4) is 0 Å². The molecule has 0 fully saturated rings. The van der Waals surface area contributed by atoms with Gasteiger partial charge in [0.15, 0.2) is 0 Å². The van der Waals surface area contributed by atoms with Crippen LogP contribution < -0.4 is 10.7 Å². The molecule has 1 aromatic carbocycles. The maximum absolute atomic E-state index is 12.8. The first-order chi connectivity index (χ1) is 14.8. The molecule has 0 saturated carbocycles. The lowest BCUT2D eigenvalue weighted by atomic mass is 10.1. The molecule has 158 valence electrons. The number of rotatable bonds is 4. The third kappa shape index (κ3) is 4.81. The van der Waals surface area contributed by atoms with E-state index in [1.54, 1.807) is 61.3 Å². The molecular weight excluding hydrogens is 392 g/mol. The van der Waals surface area contributed by atoms with Gasteiger partial charge in [0.25, 0.3) is 11.8 Å². The van der Waals surface area contributed by atoms with Gasteiger partial charge in [-0.3, -0.25) is 14.4 Å². The molecule has 7 heteroatoms. The summed E-state index contributed by atoms with van der Waals surface area (Å²) in [5.74, 6) is 5.25. The average molecular weight is 416 g/mol.